The second-order valence-electron chi connectivity index (χ2n) is 3.67. The molecule has 0 radical (unpaired) electrons. The summed E-state index contributed by atoms with van der Waals surface area (Å²) in [7, 11) is 0. The van der Waals surface area contributed by atoms with Gasteiger partial charge in [-0.2, -0.15) is 0 Å². The lowest BCUT2D eigenvalue weighted by atomic mass is 10.0. The van der Waals surface area contributed by atoms with E-state index in [1.54, 1.807) is 12.2 Å². The number of benzene rings is 1. The molecule has 18 heavy (non-hydrogen) atoms. The summed E-state index contributed by atoms with van der Waals surface area (Å²) in [6.07, 6.45) is 8.43. The van der Waals surface area contributed by atoms with Crippen LogP contribution in [0.3, 0.4) is 0 Å². The second kappa shape index (κ2) is 5.68. The summed E-state index contributed by atoms with van der Waals surface area (Å²) in [4.78, 5) is 27.0. The van der Waals surface area contributed by atoms with Gasteiger partial charge in [0.1, 0.15) is 0 Å². The standard InChI is InChI=1S/C15H11NO2/c17-13-7-4-8-14(12-5-2-1-3-6-12)15(18)11-16-10-9-13/h1-11H. The van der Waals surface area contributed by atoms with Crippen molar-refractivity contribution in [1.29, 1.82) is 0 Å². The van der Waals surface area contributed by atoms with Crippen LogP contribution in [0.25, 0.3) is 5.57 Å². The zero-order valence-electron chi connectivity index (χ0n) is 9.61. The van der Waals surface area contributed by atoms with Gasteiger partial charge in [-0.05, 0) is 11.6 Å². The Bertz CT molecular complexity index is 578. The zero-order valence-corrected chi connectivity index (χ0v) is 9.61. The Hall–Kier alpha value is -2.55. The highest BCUT2D eigenvalue weighted by Gasteiger charge is 2.08. The van der Waals surface area contributed by atoms with E-state index in [1.807, 2.05) is 30.3 Å². The molecule has 1 aromatic carbocycles. The van der Waals surface area contributed by atoms with Gasteiger partial charge in [0.05, 0.1) is 6.21 Å². The van der Waals surface area contributed by atoms with Gasteiger partial charge in [0.15, 0.2) is 5.78 Å². The number of hydrogen-bond acceptors (Lipinski definition) is 3. The molecule has 0 fully saturated rings. The molecule has 1 aliphatic rings. The van der Waals surface area contributed by atoms with E-state index in [0.29, 0.717) is 5.57 Å². The number of ketones is 2. The van der Waals surface area contributed by atoms with Gasteiger partial charge < -0.3 is 0 Å². The third-order valence-corrected chi connectivity index (χ3v) is 2.39. The Morgan fingerprint density at radius 1 is 0.944 bits per heavy atom. The third kappa shape index (κ3) is 2.98. The van der Waals surface area contributed by atoms with Crippen LogP contribution in [-0.4, -0.2) is 17.8 Å². The number of nitrogens with zero attached hydrogens (tertiary/aromatic N) is 1. The van der Waals surface area contributed by atoms with Crippen molar-refractivity contribution in [1.82, 2.24) is 0 Å². The predicted octanol–water partition coefficient (Wildman–Crippen LogP) is 2.36. The van der Waals surface area contributed by atoms with E-state index in [0.717, 1.165) is 5.56 Å². The highest BCUT2D eigenvalue weighted by molar-refractivity contribution is 6.48. The quantitative estimate of drug-likeness (QED) is 0.752. The molecular formula is C15H11NO2. The van der Waals surface area contributed by atoms with Crippen LogP contribution in [0.5, 0.6) is 0 Å². The van der Waals surface area contributed by atoms with Crippen molar-refractivity contribution in [2.24, 2.45) is 4.99 Å². The molecule has 0 saturated heterocycles. The van der Waals surface area contributed by atoms with Crippen LogP contribution in [0.15, 0.2) is 65.8 Å². The summed E-state index contributed by atoms with van der Waals surface area (Å²) in [6, 6.07) is 9.27. The fraction of sp³-hybridized carbons (Fsp3) is 0. The van der Waals surface area contributed by atoms with Crippen molar-refractivity contribution in [3.63, 3.8) is 0 Å². The lowest BCUT2D eigenvalue weighted by molar-refractivity contribution is -0.110. The first kappa shape index (κ1) is 11.9. The van der Waals surface area contributed by atoms with Gasteiger partial charge in [-0.1, -0.05) is 42.5 Å². The van der Waals surface area contributed by atoms with E-state index in [-0.39, 0.29) is 11.6 Å². The van der Waals surface area contributed by atoms with Crippen molar-refractivity contribution in [3.8, 4) is 0 Å². The second-order valence-corrected chi connectivity index (χ2v) is 3.67. The molecule has 1 aliphatic heterocycles. The molecule has 88 valence electrons. The van der Waals surface area contributed by atoms with Gasteiger partial charge >= 0.3 is 0 Å². The van der Waals surface area contributed by atoms with Gasteiger partial charge in [-0.3, -0.25) is 14.6 Å². The molecule has 0 unspecified atom stereocenters. The molecule has 2 rings (SSSR count). The summed E-state index contributed by atoms with van der Waals surface area (Å²) >= 11 is 0. The lowest BCUT2D eigenvalue weighted by Gasteiger charge is -2.02. The molecule has 0 aromatic heterocycles. The summed E-state index contributed by atoms with van der Waals surface area (Å²) in [5.41, 5.74) is 1.31. The van der Waals surface area contributed by atoms with Crippen LogP contribution in [-0.2, 0) is 9.59 Å². The summed E-state index contributed by atoms with van der Waals surface area (Å²) in [5.74, 6) is -0.352. The third-order valence-electron chi connectivity index (χ3n) is 2.39. The predicted molar refractivity (Wildman–Crippen MR) is 71.2 cm³/mol. The maximum atomic E-state index is 11.9. The van der Waals surface area contributed by atoms with E-state index in [1.165, 1.54) is 24.6 Å². The minimum Gasteiger partial charge on any atom is -0.290 e. The minimum atomic E-state index is -0.190. The molecule has 0 aliphatic carbocycles. The molecule has 0 atom stereocenters. The lowest BCUT2D eigenvalue weighted by Crippen LogP contribution is -2.03. The van der Waals surface area contributed by atoms with E-state index in [2.05, 4.69) is 4.99 Å². The topological polar surface area (TPSA) is 46.5 Å². The number of hydrogen-bond donors (Lipinski definition) is 0. The first-order chi connectivity index (χ1) is 8.77. The summed E-state index contributed by atoms with van der Waals surface area (Å²) < 4.78 is 0. The molecule has 0 saturated carbocycles. The average molecular weight is 237 g/mol. The maximum absolute atomic E-state index is 11.9. The Balaban J connectivity index is 2.43. The number of aliphatic imine (C=N–C) groups is 1. The minimum absolute atomic E-state index is 0.162. The van der Waals surface area contributed by atoms with E-state index in [9.17, 15) is 9.59 Å². The first-order valence-corrected chi connectivity index (χ1v) is 5.49. The summed E-state index contributed by atoms with van der Waals surface area (Å²) in [6.45, 7) is 0. The molecule has 0 N–H and O–H groups in total. The number of Topliss-reactive ketones (excluding diaryl/α,β-unsaturated/α-hetero) is 1. The van der Waals surface area contributed by atoms with Crippen LogP contribution in [0.1, 0.15) is 5.56 Å². The van der Waals surface area contributed by atoms with Gasteiger partial charge in [0.2, 0.25) is 5.78 Å². The highest BCUT2D eigenvalue weighted by Crippen LogP contribution is 2.15. The molecule has 0 bridgehead atoms. The molecule has 0 spiro atoms. The Morgan fingerprint density at radius 3 is 2.50 bits per heavy atom. The van der Waals surface area contributed by atoms with E-state index < -0.39 is 0 Å². The van der Waals surface area contributed by atoms with Crippen molar-refractivity contribution in [2.45, 2.75) is 0 Å². The molecule has 3 nitrogen and oxygen atoms in total. The zero-order chi connectivity index (χ0) is 12.8. The molecule has 3 heteroatoms. The number of allylic oxidation sites excluding steroid dienone is 5. The fourth-order valence-corrected chi connectivity index (χ4v) is 1.53. The first-order valence-electron chi connectivity index (χ1n) is 5.49. The number of carbonyl (C=O) groups excluding carboxylic acids is 2. The van der Waals surface area contributed by atoms with Gasteiger partial charge in [0.25, 0.3) is 0 Å². The van der Waals surface area contributed by atoms with E-state index >= 15 is 0 Å². The normalized spacial score (nSPS) is 15.7. The van der Waals surface area contributed by atoms with Crippen LogP contribution in [0.2, 0.25) is 0 Å². The fourth-order valence-electron chi connectivity index (χ4n) is 1.53. The molecular weight excluding hydrogens is 226 g/mol. The monoisotopic (exact) mass is 237 g/mol. The maximum Gasteiger partial charge on any atom is 0.204 e. The van der Waals surface area contributed by atoms with Crippen LogP contribution < -0.4 is 0 Å². The van der Waals surface area contributed by atoms with Crippen molar-refractivity contribution in [3.05, 3.63) is 66.4 Å². The van der Waals surface area contributed by atoms with Gasteiger partial charge in [0, 0.05) is 17.8 Å². The van der Waals surface area contributed by atoms with Crippen molar-refractivity contribution < 1.29 is 9.59 Å². The van der Waals surface area contributed by atoms with Crippen molar-refractivity contribution >= 4 is 23.4 Å². The van der Waals surface area contributed by atoms with E-state index in [4.69, 9.17) is 0 Å². The smallest absolute Gasteiger partial charge is 0.204 e. The van der Waals surface area contributed by atoms with Crippen molar-refractivity contribution in [2.75, 3.05) is 0 Å². The molecule has 1 aromatic rings. The van der Waals surface area contributed by atoms with Crippen LogP contribution in [0.4, 0.5) is 0 Å². The Labute approximate surface area is 105 Å². The molecule has 1 heterocycles. The summed E-state index contributed by atoms with van der Waals surface area (Å²) in [5, 5.41) is 0. The Kier molecular flexibility index (Phi) is 3.76. The SMILES string of the molecule is O=C1C=CC=C(c2ccccc2)C(=O)C=NC=C1. The van der Waals surface area contributed by atoms with Crippen LogP contribution in [0, 0.1) is 0 Å². The highest BCUT2D eigenvalue weighted by atomic mass is 16.1. The number of rotatable bonds is 1. The van der Waals surface area contributed by atoms with Gasteiger partial charge in [-0.25, -0.2) is 0 Å². The number of carbonyl (C=O) groups is 2. The largest absolute Gasteiger partial charge is 0.290 e. The van der Waals surface area contributed by atoms with Gasteiger partial charge in [-0.15, -0.1) is 0 Å². The molecule has 0 amide bonds. The average Bonchev–Trinajstić information content (AvgIpc) is 2.40. The Morgan fingerprint density at radius 2 is 1.72 bits per heavy atom. The van der Waals surface area contributed by atoms with Crippen LogP contribution >= 0.6 is 0 Å².